The number of pyridine rings is 1. The molecular formula is C15H11NO2S. The molecule has 0 spiro atoms. The van der Waals surface area contributed by atoms with E-state index in [2.05, 4.69) is 12.1 Å². The van der Waals surface area contributed by atoms with Gasteiger partial charge in [0.1, 0.15) is 13.2 Å². The van der Waals surface area contributed by atoms with Gasteiger partial charge in [0, 0.05) is 10.8 Å². The molecular weight excluding hydrogens is 258 g/mol. The Hall–Kier alpha value is -2.07. The second kappa shape index (κ2) is 4.24. The summed E-state index contributed by atoms with van der Waals surface area (Å²) in [6.45, 7) is 1.22. The van der Waals surface area contributed by atoms with E-state index in [9.17, 15) is 0 Å². The van der Waals surface area contributed by atoms with Crippen LogP contribution in [-0.4, -0.2) is 18.2 Å². The third-order valence-electron chi connectivity index (χ3n) is 3.13. The van der Waals surface area contributed by atoms with Crippen molar-refractivity contribution in [3.8, 4) is 22.1 Å². The number of rotatable bonds is 1. The van der Waals surface area contributed by atoms with Gasteiger partial charge in [-0.25, -0.2) is 4.98 Å². The molecule has 1 aliphatic heterocycles. The van der Waals surface area contributed by atoms with Gasteiger partial charge in [-0.3, -0.25) is 0 Å². The highest BCUT2D eigenvalue weighted by molar-refractivity contribution is 7.14. The first kappa shape index (κ1) is 10.8. The molecule has 4 rings (SSSR count). The summed E-state index contributed by atoms with van der Waals surface area (Å²) in [4.78, 5) is 5.74. The second-order valence-electron chi connectivity index (χ2n) is 4.34. The second-order valence-corrected chi connectivity index (χ2v) is 5.22. The van der Waals surface area contributed by atoms with Crippen molar-refractivity contribution >= 4 is 22.2 Å². The van der Waals surface area contributed by atoms with Crippen LogP contribution in [0, 0.1) is 0 Å². The van der Waals surface area contributed by atoms with Crippen LogP contribution in [0.5, 0.6) is 11.5 Å². The topological polar surface area (TPSA) is 31.4 Å². The fourth-order valence-corrected chi connectivity index (χ4v) is 3.13. The summed E-state index contributed by atoms with van der Waals surface area (Å²) in [5.41, 5.74) is 1.94. The van der Waals surface area contributed by atoms with Crippen molar-refractivity contribution in [3.05, 3.63) is 41.8 Å². The van der Waals surface area contributed by atoms with Crippen LogP contribution < -0.4 is 9.47 Å². The lowest BCUT2D eigenvalue weighted by Gasteiger charge is -2.15. The van der Waals surface area contributed by atoms with Crippen LogP contribution in [-0.2, 0) is 0 Å². The number of benzene rings is 1. The Morgan fingerprint density at radius 1 is 1.00 bits per heavy atom. The molecule has 3 nitrogen and oxygen atoms in total. The van der Waals surface area contributed by atoms with Gasteiger partial charge in [-0.05, 0) is 12.1 Å². The lowest BCUT2D eigenvalue weighted by atomic mass is 10.2. The average molecular weight is 269 g/mol. The van der Waals surface area contributed by atoms with Gasteiger partial charge in [-0.15, -0.1) is 11.3 Å². The monoisotopic (exact) mass is 269 g/mol. The van der Waals surface area contributed by atoms with Crippen molar-refractivity contribution in [2.24, 2.45) is 0 Å². The molecule has 0 atom stereocenters. The molecule has 0 radical (unpaired) electrons. The third-order valence-corrected chi connectivity index (χ3v) is 4.09. The fourth-order valence-electron chi connectivity index (χ4n) is 2.23. The van der Waals surface area contributed by atoms with Crippen LogP contribution in [0.1, 0.15) is 0 Å². The van der Waals surface area contributed by atoms with Gasteiger partial charge < -0.3 is 9.47 Å². The maximum Gasteiger partial charge on any atom is 0.181 e. The summed E-state index contributed by atoms with van der Waals surface area (Å²) < 4.78 is 11.3. The molecule has 0 bridgehead atoms. The predicted molar refractivity (Wildman–Crippen MR) is 76.0 cm³/mol. The first-order chi connectivity index (χ1) is 9.42. The first-order valence-corrected chi connectivity index (χ1v) is 7.03. The average Bonchev–Trinajstić information content (AvgIpc) is 2.91. The van der Waals surface area contributed by atoms with Crippen LogP contribution in [0.25, 0.3) is 21.5 Å². The summed E-state index contributed by atoms with van der Waals surface area (Å²) in [5.74, 6) is 1.67. The van der Waals surface area contributed by atoms with Gasteiger partial charge in [-0.2, -0.15) is 0 Å². The summed E-state index contributed by atoms with van der Waals surface area (Å²) in [6, 6.07) is 12.2. The lowest BCUT2D eigenvalue weighted by molar-refractivity contribution is 0.174. The molecule has 19 heavy (non-hydrogen) atoms. The van der Waals surface area contributed by atoms with Gasteiger partial charge in [-0.1, -0.05) is 24.3 Å². The van der Waals surface area contributed by atoms with E-state index in [0.717, 1.165) is 33.0 Å². The third kappa shape index (κ3) is 1.76. The Balaban J connectivity index is 1.88. The van der Waals surface area contributed by atoms with E-state index < -0.39 is 0 Å². The molecule has 94 valence electrons. The molecule has 0 fully saturated rings. The SMILES string of the molecule is c1ccc2nc(-c3scc4c3OCCO4)ccc2c1. The minimum absolute atomic E-state index is 0.602. The van der Waals surface area contributed by atoms with E-state index in [1.807, 2.05) is 29.6 Å². The molecule has 0 saturated carbocycles. The summed E-state index contributed by atoms with van der Waals surface area (Å²) in [6.07, 6.45) is 0. The van der Waals surface area contributed by atoms with Gasteiger partial charge in [0.2, 0.25) is 0 Å². The lowest BCUT2D eigenvalue weighted by Crippen LogP contribution is -2.14. The van der Waals surface area contributed by atoms with E-state index in [-0.39, 0.29) is 0 Å². The van der Waals surface area contributed by atoms with Crippen molar-refractivity contribution in [1.82, 2.24) is 4.98 Å². The predicted octanol–water partition coefficient (Wildman–Crippen LogP) is 3.73. The first-order valence-electron chi connectivity index (χ1n) is 6.15. The van der Waals surface area contributed by atoms with Gasteiger partial charge in [0.15, 0.2) is 11.5 Å². The molecule has 1 aromatic carbocycles. The van der Waals surface area contributed by atoms with Crippen LogP contribution in [0.2, 0.25) is 0 Å². The standard InChI is InChI=1S/C15H11NO2S/c1-2-4-11-10(3-1)5-6-12(16-11)15-14-13(9-19-15)17-7-8-18-14/h1-6,9H,7-8H2. The highest BCUT2D eigenvalue weighted by Crippen LogP contribution is 2.45. The highest BCUT2D eigenvalue weighted by Gasteiger charge is 2.20. The summed E-state index contributed by atoms with van der Waals surface area (Å²) >= 11 is 1.61. The fraction of sp³-hybridized carbons (Fsp3) is 0.133. The maximum atomic E-state index is 5.71. The van der Waals surface area contributed by atoms with Crippen LogP contribution in [0.15, 0.2) is 41.8 Å². The summed E-state index contributed by atoms with van der Waals surface area (Å²) in [7, 11) is 0. The minimum Gasteiger partial charge on any atom is -0.485 e. The Labute approximate surface area is 114 Å². The van der Waals surface area contributed by atoms with Gasteiger partial charge in [0.25, 0.3) is 0 Å². The smallest absolute Gasteiger partial charge is 0.181 e. The quantitative estimate of drug-likeness (QED) is 0.674. The van der Waals surface area contributed by atoms with Crippen LogP contribution >= 0.6 is 11.3 Å². The Bertz CT molecular complexity index is 751. The van der Waals surface area contributed by atoms with Crippen molar-refractivity contribution in [2.45, 2.75) is 0 Å². The molecule has 3 heterocycles. The molecule has 4 heteroatoms. The largest absolute Gasteiger partial charge is 0.485 e. The number of thiophene rings is 1. The number of hydrogen-bond acceptors (Lipinski definition) is 4. The zero-order chi connectivity index (χ0) is 12.7. The minimum atomic E-state index is 0.602. The number of hydrogen-bond donors (Lipinski definition) is 0. The number of ether oxygens (including phenoxy) is 2. The van der Waals surface area contributed by atoms with Crippen molar-refractivity contribution in [2.75, 3.05) is 13.2 Å². The molecule has 0 saturated heterocycles. The number of aromatic nitrogens is 1. The highest BCUT2D eigenvalue weighted by atomic mass is 32.1. The van der Waals surface area contributed by atoms with Gasteiger partial charge >= 0.3 is 0 Å². The van der Waals surface area contributed by atoms with Crippen LogP contribution in [0.4, 0.5) is 0 Å². The molecule has 2 aromatic heterocycles. The molecule has 3 aromatic rings. The van der Waals surface area contributed by atoms with Crippen LogP contribution in [0.3, 0.4) is 0 Å². The van der Waals surface area contributed by atoms with E-state index >= 15 is 0 Å². The summed E-state index contributed by atoms with van der Waals surface area (Å²) in [5, 5.41) is 3.13. The maximum absolute atomic E-state index is 5.71. The van der Waals surface area contributed by atoms with E-state index in [1.54, 1.807) is 11.3 Å². The molecule has 0 aliphatic carbocycles. The molecule has 1 aliphatic rings. The van der Waals surface area contributed by atoms with Crippen molar-refractivity contribution in [1.29, 1.82) is 0 Å². The normalized spacial score (nSPS) is 13.7. The van der Waals surface area contributed by atoms with Gasteiger partial charge in [0.05, 0.1) is 16.1 Å². The van der Waals surface area contributed by atoms with E-state index in [4.69, 9.17) is 14.5 Å². The van der Waals surface area contributed by atoms with E-state index in [1.165, 1.54) is 0 Å². The zero-order valence-corrected chi connectivity index (χ0v) is 10.9. The number of nitrogens with zero attached hydrogens (tertiary/aromatic N) is 1. The Kier molecular flexibility index (Phi) is 2.42. The number of fused-ring (bicyclic) bond motifs is 2. The number of para-hydroxylation sites is 1. The zero-order valence-electron chi connectivity index (χ0n) is 10.1. The Morgan fingerprint density at radius 2 is 1.89 bits per heavy atom. The van der Waals surface area contributed by atoms with E-state index in [0.29, 0.717) is 13.2 Å². The molecule has 0 amide bonds. The molecule has 0 unspecified atom stereocenters. The molecule has 0 N–H and O–H groups in total. The van der Waals surface area contributed by atoms with Crippen molar-refractivity contribution < 1.29 is 9.47 Å². The van der Waals surface area contributed by atoms with Crippen molar-refractivity contribution in [3.63, 3.8) is 0 Å². The Morgan fingerprint density at radius 3 is 2.89 bits per heavy atom.